The Balaban J connectivity index is 4.27. The lowest BCUT2D eigenvalue weighted by molar-refractivity contribution is 0.0937. The Morgan fingerprint density at radius 2 is 1.67 bits per heavy atom. The molecule has 110 valence electrons. The smallest absolute Gasteiger partial charge is 0.0589 e. The van der Waals surface area contributed by atoms with Crippen molar-refractivity contribution in [1.29, 1.82) is 0 Å². The van der Waals surface area contributed by atoms with Gasteiger partial charge in [0.1, 0.15) is 0 Å². The summed E-state index contributed by atoms with van der Waals surface area (Å²) in [5.41, 5.74) is 0. The van der Waals surface area contributed by atoms with Gasteiger partial charge in [-0.1, -0.05) is 34.6 Å². The number of methoxy groups -OCH3 is 1. The Kier molecular flexibility index (Phi) is 9.70. The summed E-state index contributed by atoms with van der Waals surface area (Å²) in [6.07, 6.45) is 0. The van der Waals surface area contributed by atoms with Crippen LogP contribution < -0.4 is 5.32 Å². The van der Waals surface area contributed by atoms with Crippen molar-refractivity contribution in [2.75, 3.05) is 33.4 Å². The molecule has 0 saturated heterocycles. The molecule has 2 atom stereocenters. The first-order valence-corrected chi connectivity index (χ1v) is 7.34. The van der Waals surface area contributed by atoms with Crippen LogP contribution in [0.1, 0.15) is 41.5 Å². The number of hydrogen-bond acceptors (Lipinski definition) is 3. The normalized spacial score (nSPS) is 15.7. The molecule has 2 unspecified atom stereocenters. The Morgan fingerprint density at radius 1 is 1.06 bits per heavy atom. The standard InChI is InChI=1S/C15H34N2O/c1-12(2)11-17(8-9-18-7)15(6)14(5)10-16-13(3)4/h12-16H,8-11H2,1-7H3. The van der Waals surface area contributed by atoms with E-state index in [1.807, 2.05) is 0 Å². The van der Waals surface area contributed by atoms with E-state index in [9.17, 15) is 0 Å². The van der Waals surface area contributed by atoms with Crippen molar-refractivity contribution in [3.05, 3.63) is 0 Å². The number of hydrogen-bond donors (Lipinski definition) is 1. The molecule has 0 aliphatic heterocycles. The molecule has 0 aromatic rings. The summed E-state index contributed by atoms with van der Waals surface area (Å²) in [4.78, 5) is 2.56. The second-order valence-corrected chi connectivity index (χ2v) is 6.16. The molecular weight excluding hydrogens is 224 g/mol. The minimum atomic E-state index is 0.567. The van der Waals surface area contributed by atoms with Crippen LogP contribution in [0.5, 0.6) is 0 Å². The van der Waals surface area contributed by atoms with Gasteiger partial charge in [0, 0.05) is 32.3 Å². The monoisotopic (exact) mass is 258 g/mol. The topological polar surface area (TPSA) is 24.5 Å². The molecular formula is C15H34N2O. The van der Waals surface area contributed by atoms with Gasteiger partial charge in [0.2, 0.25) is 0 Å². The molecule has 0 amide bonds. The van der Waals surface area contributed by atoms with E-state index >= 15 is 0 Å². The molecule has 0 rings (SSSR count). The maximum absolute atomic E-state index is 5.22. The van der Waals surface area contributed by atoms with Crippen LogP contribution in [-0.4, -0.2) is 50.3 Å². The molecule has 0 fully saturated rings. The van der Waals surface area contributed by atoms with Crippen LogP contribution in [0.4, 0.5) is 0 Å². The highest BCUT2D eigenvalue weighted by Crippen LogP contribution is 2.12. The molecule has 0 aromatic heterocycles. The van der Waals surface area contributed by atoms with Crippen molar-refractivity contribution >= 4 is 0 Å². The van der Waals surface area contributed by atoms with Gasteiger partial charge < -0.3 is 10.1 Å². The predicted molar refractivity (Wildman–Crippen MR) is 80.1 cm³/mol. The fourth-order valence-electron chi connectivity index (χ4n) is 2.09. The minimum Gasteiger partial charge on any atom is -0.383 e. The molecule has 0 aromatic carbocycles. The Hall–Kier alpha value is -0.120. The molecule has 3 heteroatoms. The second-order valence-electron chi connectivity index (χ2n) is 6.16. The first-order valence-electron chi connectivity index (χ1n) is 7.34. The van der Waals surface area contributed by atoms with Crippen LogP contribution in [-0.2, 0) is 4.74 Å². The van der Waals surface area contributed by atoms with Crippen molar-refractivity contribution in [3.63, 3.8) is 0 Å². The van der Waals surface area contributed by atoms with E-state index in [0.29, 0.717) is 23.9 Å². The molecule has 0 aliphatic rings. The second kappa shape index (κ2) is 9.76. The maximum Gasteiger partial charge on any atom is 0.0589 e. The van der Waals surface area contributed by atoms with E-state index in [2.05, 4.69) is 51.8 Å². The van der Waals surface area contributed by atoms with Gasteiger partial charge in [-0.05, 0) is 25.3 Å². The maximum atomic E-state index is 5.22. The van der Waals surface area contributed by atoms with Crippen LogP contribution in [0.25, 0.3) is 0 Å². The lowest BCUT2D eigenvalue weighted by Crippen LogP contribution is -2.45. The average molecular weight is 258 g/mol. The largest absolute Gasteiger partial charge is 0.383 e. The number of nitrogens with zero attached hydrogens (tertiary/aromatic N) is 1. The van der Waals surface area contributed by atoms with E-state index in [-0.39, 0.29) is 0 Å². The summed E-state index contributed by atoms with van der Waals surface area (Å²) in [6.45, 7) is 17.7. The molecule has 0 radical (unpaired) electrons. The zero-order chi connectivity index (χ0) is 14.1. The van der Waals surface area contributed by atoms with Gasteiger partial charge in [0.25, 0.3) is 0 Å². The third-order valence-electron chi connectivity index (χ3n) is 3.43. The number of ether oxygens (including phenoxy) is 1. The highest BCUT2D eigenvalue weighted by molar-refractivity contribution is 4.76. The van der Waals surface area contributed by atoms with Crippen LogP contribution in [0.3, 0.4) is 0 Å². The Bertz CT molecular complexity index is 195. The van der Waals surface area contributed by atoms with Crippen LogP contribution >= 0.6 is 0 Å². The van der Waals surface area contributed by atoms with Crippen LogP contribution in [0, 0.1) is 11.8 Å². The van der Waals surface area contributed by atoms with Crippen LogP contribution in [0.15, 0.2) is 0 Å². The van der Waals surface area contributed by atoms with Gasteiger partial charge in [0.15, 0.2) is 0 Å². The van der Waals surface area contributed by atoms with Gasteiger partial charge in [-0.25, -0.2) is 0 Å². The number of nitrogens with one attached hydrogen (secondary N) is 1. The van der Waals surface area contributed by atoms with Crippen molar-refractivity contribution < 1.29 is 4.74 Å². The van der Waals surface area contributed by atoms with Gasteiger partial charge in [-0.3, -0.25) is 4.90 Å². The van der Waals surface area contributed by atoms with Gasteiger partial charge in [0.05, 0.1) is 6.61 Å². The van der Waals surface area contributed by atoms with E-state index in [0.717, 1.165) is 26.2 Å². The summed E-state index contributed by atoms with van der Waals surface area (Å²) >= 11 is 0. The first-order chi connectivity index (χ1) is 8.38. The summed E-state index contributed by atoms with van der Waals surface area (Å²) in [6, 6.07) is 1.16. The number of rotatable bonds is 10. The molecule has 1 N–H and O–H groups in total. The van der Waals surface area contributed by atoms with E-state index in [1.165, 1.54) is 0 Å². The fourth-order valence-corrected chi connectivity index (χ4v) is 2.09. The first kappa shape index (κ1) is 17.9. The van der Waals surface area contributed by atoms with E-state index in [1.54, 1.807) is 7.11 Å². The van der Waals surface area contributed by atoms with Crippen molar-refractivity contribution in [2.45, 2.75) is 53.6 Å². The van der Waals surface area contributed by atoms with Gasteiger partial charge in [-0.15, -0.1) is 0 Å². The molecule has 3 nitrogen and oxygen atoms in total. The van der Waals surface area contributed by atoms with Crippen molar-refractivity contribution in [2.24, 2.45) is 11.8 Å². The van der Waals surface area contributed by atoms with Gasteiger partial charge >= 0.3 is 0 Å². The molecule has 0 heterocycles. The third-order valence-corrected chi connectivity index (χ3v) is 3.43. The average Bonchev–Trinajstić information content (AvgIpc) is 2.29. The van der Waals surface area contributed by atoms with E-state index in [4.69, 9.17) is 4.74 Å². The zero-order valence-electron chi connectivity index (χ0n) is 13.5. The Labute approximate surface area is 114 Å². The third kappa shape index (κ3) is 8.06. The summed E-state index contributed by atoms with van der Waals surface area (Å²) in [7, 11) is 1.78. The lowest BCUT2D eigenvalue weighted by atomic mass is 10.0. The fraction of sp³-hybridized carbons (Fsp3) is 1.00. The zero-order valence-corrected chi connectivity index (χ0v) is 13.5. The van der Waals surface area contributed by atoms with E-state index < -0.39 is 0 Å². The molecule has 0 aliphatic carbocycles. The molecule has 0 saturated carbocycles. The highest BCUT2D eigenvalue weighted by Gasteiger charge is 2.20. The molecule has 0 bridgehead atoms. The summed E-state index contributed by atoms with van der Waals surface area (Å²) in [5.74, 6) is 1.36. The lowest BCUT2D eigenvalue weighted by Gasteiger charge is -2.34. The van der Waals surface area contributed by atoms with Crippen LogP contribution in [0.2, 0.25) is 0 Å². The SMILES string of the molecule is COCCN(CC(C)C)C(C)C(C)CNC(C)C. The molecule has 18 heavy (non-hydrogen) atoms. The highest BCUT2D eigenvalue weighted by atomic mass is 16.5. The van der Waals surface area contributed by atoms with Crippen molar-refractivity contribution in [3.8, 4) is 0 Å². The minimum absolute atomic E-state index is 0.567. The van der Waals surface area contributed by atoms with Crippen molar-refractivity contribution in [1.82, 2.24) is 10.2 Å². The summed E-state index contributed by atoms with van der Waals surface area (Å²) in [5, 5.41) is 3.53. The summed E-state index contributed by atoms with van der Waals surface area (Å²) < 4.78 is 5.22. The predicted octanol–water partition coefficient (Wildman–Crippen LogP) is 2.61. The Morgan fingerprint density at radius 3 is 2.11 bits per heavy atom. The van der Waals surface area contributed by atoms with Gasteiger partial charge in [-0.2, -0.15) is 0 Å². The quantitative estimate of drug-likeness (QED) is 0.652. The molecule has 0 spiro atoms.